The third-order valence-electron chi connectivity index (χ3n) is 5.27. The lowest BCUT2D eigenvalue weighted by atomic mass is 9.89. The lowest BCUT2D eigenvalue weighted by Crippen LogP contribution is -2.59. The maximum atomic E-state index is 6.19. The molecule has 2 N–H and O–H groups in total. The largest absolute Gasteiger partial charge is 0.489 e. The smallest absolute Gasteiger partial charge is 0.122 e. The van der Waals surface area contributed by atoms with Gasteiger partial charge in [-0.2, -0.15) is 0 Å². The number of nitrogens with zero attached hydrogens (tertiary/aromatic N) is 1. The number of hydrogen-bond donors (Lipinski definition) is 1. The molecule has 0 aliphatic carbocycles. The fourth-order valence-corrected chi connectivity index (χ4v) is 3.81. The van der Waals surface area contributed by atoms with Gasteiger partial charge in [0.05, 0.1) is 13.2 Å². The number of morpholine rings is 1. The van der Waals surface area contributed by atoms with Gasteiger partial charge in [-0.1, -0.05) is 18.7 Å². The predicted octanol–water partition coefficient (Wildman–Crippen LogP) is 2.56. The van der Waals surface area contributed by atoms with Crippen molar-refractivity contribution in [3.63, 3.8) is 0 Å². The molecule has 4 heteroatoms. The molecule has 2 saturated heterocycles. The summed E-state index contributed by atoms with van der Waals surface area (Å²) < 4.78 is 11.5. The van der Waals surface area contributed by atoms with Crippen molar-refractivity contribution in [1.29, 1.82) is 0 Å². The van der Waals surface area contributed by atoms with Crippen LogP contribution in [0.1, 0.15) is 29.5 Å². The molecule has 0 radical (unpaired) electrons. The first-order valence-corrected chi connectivity index (χ1v) is 8.52. The molecule has 2 aliphatic rings. The van der Waals surface area contributed by atoms with E-state index in [9.17, 15) is 0 Å². The van der Waals surface area contributed by atoms with Crippen LogP contribution in [0, 0.1) is 13.8 Å². The maximum Gasteiger partial charge on any atom is 0.122 e. The second kappa shape index (κ2) is 7.04. The highest BCUT2D eigenvalue weighted by atomic mass is 16.5. The molecule has 1 aromatic carbocycles. The minimum absolute atomic E-state index is 0.322. The summed E-state index contributed by atoms with van der Waals surface area (Å²) in [5.41, 5.74) is 10.1. The molecule has 0 amide bonds. The van der Waals surface area contributed by atoms with Gasteiger partial charge in [-0.05, 0) is 49.4 Å². The number of benzene rings is 1. The average Bonchev–Trinajstić information content (AvgIpc) is 2.52. The fraction of sp³-hybridized carbons (Fsp3) is 0.579. The molecule has 0 spiro atoms. The van der Waals surface area contributed by atoms with E-state index in [0.29, 0.717) is 24.7 Å². The van der Waals surface area contributed by atoms with Crippen molar-refractivity contribution in [3.8, 4) is 5.75 Å². The SMILES string of the molecule is C=CCOc1ccc(CN2C3COCC2CC(N)C3)c(C)c1C. The summed E-state index contributed by atoms with van der Waals surface area (Å²) in [6.45, 7) is 11.2. The molecule has 2 unspecified atom stereocenters. The first kappa shape index (κ1) is 16.5. The van der Waals surface area contributed by atoms with Crippen LogP contribution in [0.2, 0.25) is 0 Å². The summed E-state index contributed by atoms with van der Waals surface area (Å²) in [6, 6.07) is 5.51. The Morgan fingerprint density at radius 2 is 1.96 bits per heavy atom. The first-order valence-electron chi connectivity index (χ1n) is 8.52. The number of nitrogens with two attached hydrogens (primary N) is 1. The Kier molecular flexibility index (Phi) is 5.05. The van der Waals surface area contributed by atoms with Gasteiger partial charge in [0, 0.05) is 24.7 Å². The Morgan fingerprint density at radius 1 is 1.26 bits per heavy atom. The molecule has 2 bridgehead atoms. The van der Waals surface area contributed by atoms with Gasteiger partial charge in [0.25, 0.3) is 0 Å². The van der Waals surface area contributed by atoms with Crippen LogP contribution in [-0.4, -0.2) is 42.8 Å². The normalized spacial score (nSPS) is 27.7. The zero-order valence-corrected chi connectivity index (χ0v) is 14.3. The fourth-order valence-electron chi connectivity index (χ4n) is 3.81. The summed E-state index contributed by atoms with van der Waals surface area (Å²) >= 11 is 0. The zero-order chi connectivity index (χ0) is 16.4. The van der Waals surface area contributed by atoms with Crippen LogP contribution in [-0.2, 0) is 11.3 Å². The highest BCUT2D eigenvalue weighted by molar-refractivity contribution is 5.43. The predicted molar refractivity (Wildman–Crippen MR) is 92.8 cm³/mol. The third kappa shape index (κ3) is 3.44. The van der Waals surface area contributed by atoms with Gasteiger partial charge >= 0.3 is 0 Å². The zero-order valence-electron chi connectivity index (χ0n) is 14.3. The van der Waals surface area contributed by atoms with Crippen molar-refractivity contribution in [3.05, 3.63) is 41.5 Å². The molecular formula is C19H28N2O2. The molecule has 3 rings (SSSR count). The Balaban J connectivity index is 1.77. The van der Waals surface area contributed by atoms with Crippen LogP contribution in [0.15, 0.2) is 24.8 Å². The van der Waals surface area contributed by atoms with Crippen molar-refractivity contribution in [2.24, 2.45) is 5.73 Å². The maximum absolute atomic E-state index is 6.19. The average molecular weight is 316 g/mol. The van der Waals surface area contributed by atoms with Crippen LogP contribution in [0.3, 0.4) is 0 Å². The highest BCUT2D eigenvalue weighted by Crippen LogP contribution is 2.31. The van der Waals surface area contributed by atoms with Crippen LogP contribution in [0.25, 0.3) is 0 Å². The van der Waals surface area contributed by atoms with E-state index < -0.39 is 0 Å². The van der Waals surface area contributed by atoms with Crippen LogP contribution >= 0.6 is 0 Å². The van der Waals surface area contributed by atoms with Gasteiger partial charge in [0.15, 0.2) is 0 Å². The second-order valence-electron chi connectivity index (χ2n) is 6.82. The molecule has 2 atom stereocenters. The number of ether oxygens (including phenoxy) is 2. The number of hydrogen-bond acceptors (Lipinski definition) is 4. The Hall–Kier alpha value is -1.36. The van der Waals surface area contributed by atoms with Gasteiger partial charge in [-0.15, -0.1) is 0 Å². The summed E-state index contributed by atoms with van der Waals surface area (Å²) in [5.74, 6) is 0.954. The van der Waals surface area contributed by atoms with Gasteiger partial charge in [-0.25, -0.2) is 0 Å². The lowest BCUT2D eigenvalue weighted by Gasteiger charge is -2.48. The van der Waals surface area contributed by atoms with E-state index >= 15 is 0 Å². The first-order chi connectivity index (χ1) is 11.1. The molecule has 4 nitrogen and oxygen atoms in total. The molecule has 2 fully saturated rings. The quantitative estimate of drug-likeness (QED) is 0.848. The number of piperidine rings is 1. The standard InChI is InChI=1S/C19H28N2O2/c1-4-7-23-19-6-5-15(13(2)14(19)3)10-21-17-8-16(20)9-18(21)12-22-11-17/h4-6,16-18H,1,7-12,20H2,2-3H3. The van der Waals surface area contributed by atoms with Crippen molar-refractivity contribution in [1.82, 2.24) is 4.90 Å². The molecule has 0 saturated carbocycles. The van der Waals surface area contributed by atoms with Crippen molar-refractivity contribution in [2.75, 3.05) is 19.8 Å². The minimum atomic E-state index is 0.322. The Morgan fingerprint density at radius 3 is 2.61 bits per heavy atom. The molecule has 0 aromatic heterocycles. The van der Waals surface area contributed by atoms with E-state index in [1.54, 1.807) is 6.08 Å². The molecule has 2 aliphatic heterocycles. The Labute approximate surface area is 139 Å². The molecule has 23 heavy (non-hydrogen) atoms. The van der Waals surface area contributed by atoms with E-state index in [4.69, 9.17) is 15.2 Å². The summed E-state index contributed by atoms with van der Waals surface area (Å²) in [4.78, 5) is 2.60. The van der Waals surface area contributed by atoms with E-state index in [1.165, 1.54) is 16.7 Å². The van der Waals surface area contributed by atoms with Crippen molar-refractivity contribution < 1.29 is 9.47 Å². The Bertz CT molecular complexity index is 559. The van der Waals surface area contributed by atoms with E-state index in [1.807, 2.05) is 0 Å². The van der Waals surface area contributed by atoms with Gasteiger partial charge in [0.1, 0.15) is 12.4 Å². The van der Waals surface area contributed by atoms with Gasteiger partial charge < -0.3 is 15.2 Å². The van der Waals surface area contributed by atoms with E-state index in [-0.39, 0.29) is 0 Å². The molecular weight excluding hydrogens is 288 g/mol. The lowest BCUT2D eigenvalue weighted by molar-refractivity contribution is -0.0820. The van der Waals surface area contributed by atoms with Crippen LogP contribution in [0.5, 0.6) is 5.75 Å². The molecule has 1 aromatic rings. The highest BCUT2D eigenvalue weighted by Gasteiger charge is 2.37. The number of rotatable bonds is 5. The van der Waals surface area contributed by atoms with E-state index in [2.05, 4.69) is 37.5 Å². The topological polar surface area (TPSA) is 47.7 Å². The van der Waals surface area contributed by atoms with E-state index in [0.717, 1.165) is 38.3 Å². The van der Waals surface area contributed by atoms with Crippen LogP contribution < -0.4 is 10.5 Å². The van der Waals surface area contributed by atoms with Crippen molar-refractivity contribution >= 4 is 0 Å². The van der Waals surface area contributed by atoms with Gasteiger partial charge in [-0.3, -0.25) is 4.90 Å². The molecule has 126 valence electrons. The minimum Gasteiger partial charge on any atom is -0.489 e. The summed E-state index contributed by atoms with van der Waals surface area (Å²) in [6.07, 6.45) is 3.85. The molecule has 2 heterocycles. The third-order valence-corrected chi connectivity index (χ3v) is 5.27. The van der Waals surface area contributed by atoms with Crippen molar-refractivity contribution in [2.45, 2.75) is 51.4 Å². The summed E-state index contributed by atoms with van der Waals surface area (Å²) in [7, 11) is 0. The van der Waals surface area contributed by atoms with Crippen LogP contribution in [0.4, 0.5) is 0 Å². The number of fused-ring (bicyclic) bond motifs is 2. The second-order valence-corrected chi connectivity index (χ2v) is 6.82. The summed E-state index contributed by atoms with van der Waals surface area (Å²) in [5, 5.41) is 0. The monoisotopic (exact) mass is 316 g/mol. The van der Waals surface area contributed by atoms with Gasteiger partial charge in [0.2, 0.25) is 0 Å².